The van der Waals surface area contributed by atoms with Crippen molar-refractivity contribution in [2.45, 2.75) is 13.5 Å². The molecular weight excluding hydrogens is 384 g/mol. The highest BCUT2D eigenvalue weighted by molar-refractivity contribution is 9.10. The van der Waals surface area contributed by atoms with Gasteiger partial charge in [0.15, 0.2) is 0 Å². The lowest BCUT2D eigenvalue weighted by molar-refractivity contribution is 0.0525. The molecule has 7 heteroatoms. The minimum absolute atomic E-state index is 0.348. The first-order chi connectivity index (χ1) is 12.2. The van der Waals surface area contributed by atoms with Crippen LogP contribution in [0.3, 0.4) is 0 Å². The van der Waals surface area contributed by atoms with Crippen molar-refractivity contribution < 1.29 is 9.53 Å². The predicted octanol–water partition coefficient (Wildman–Crippen LogP) is 2.74. The second kappa shape index (κ2) is 8.40. The van der Waals surface area contributed by atoms with E-state index in [4.69, 9.17) is 4.74 Å². The number of hydrogen-bond donors (Lipinski definition) is 0. The largest absolute Gasteiger partial charge is 0.462 e. The lowest BCUT2D eigenvalue weighted by Crippen LogP contribution is -2.46. The molecule has 1 aromatic carbocycles. The van der Waals surface area contributed by atoms with Gasteiger partial charge in [-0.3, -0.25) is 4.90 Å². The van der Waals surface area contributed by atoms with Crippen molar-refractivity contribution >= 4 is 27.8 Å². The standard InChI is InChI=1S/C18H21BrN4O2/c1-2-25-17(24)15-11-20-18(21-12-15)23-9-7-22(8-10-23)13-14-3-5-16(19)6-4-14/h3-6,11-12H,2,7-10,13H2,1H3. The molecular formula is C18H21BrN4O2. The Bertz CT molecular complexity index is 698. The minimum atomic E-state index is -0.381. The molecule has 132 valence electrons. The smallest absolute Gasteiger partial charge is 0.341 e. The molecule has 0 amide bonds. The van der Waals surface area contributed by atoms with Crippen molar-refractivity contribution in [3.05, 3.63) is 52.3 Å². The summed E-state index contributed by atoms with van der Waals surface area (Å²) in [6.45, 7) is 6.73. The number of rotatable bonds is 5. The lowest BCUT2D eigenvalue weighted by Gasteiger charge is -2.34. The van der Waals surface area contributed by atoms with Gasteiger partial charge in [-0.05, 0) is 24.6 Å². The van der Waals surface area contributed by atoms with Gasteiger partial charge >= 0.3 is 5.97 Å². The number of aromatic nitrogens is 2. The van der Waals surface area contributed by atoms with E-state index in [-0.39, 0.29) is 5.97 Å². The Morgan fingerprint density at radius 3 is 2.36 bits per heavy atom. The van der Waals surface area contributed by atoms with Crippen LogP contribution in [0.4, 0.5) is 5.95 Å². The summed E-state index contributed by atoms with van der Waals surface area (Å²) in [4.78, 5) is 24.8. The highest BCUT2D eigenvalue weighted by Crippen LogP contribution is 2.15. The summed E-state index contributed by atoms with van der Waals surface area (Å²) in [6, 6.07) is 8.44. The van der Waals surface area contributed by atoms with Gasteiger partial charge in [0.25, 0.3) is 0 Å². The highest BCUT2D eigenvalue weighted by Gasteiger charge is 2.19. The van der Waals surface area contributed by atoms with Gasteiger partial charge in [-0.25, -0.2) is 14.8 Å². The van der Waals surface area contributed by atoms with Crippen LogP contribution in [0, 0.1) is 0 Å². The van der Waals surface area contributed by atoms with E-state index in [1.54, 1.807) is 6.92 Å². The Kier molecular flexibility index (Phi) is 5.99. The van der Waals surface area contributed by atoms with E-state index < -0.39 is 0 Å². The predicted molar refractivity (Wildman–Crippen MR) is 99.6 cm³/mol. The van der Waals surface area contributed by atoms with Gasteiger partial charge in [0, 0.05) is 49.6 Å². The van der Waals surface area contributed by atoms with Crippen LogP contribution in [0.2, 0.25) is 0 Å². The molecule has 0 radical (unpaired) electrons. The molecule has 1 aliphatic heterocycles. The molecule has 0 spiro atoms. The molecule has 6 nitrogen and oxygen atoms in total. The Balaban J connectivity index is 1.53. The number of carbonyl (C=O) groups is 1. The third kappa shape index (κ3) is 4.76. The number of nitrogens with zero attached hydrogens (tertiary/aromatic N) is 4. The number of carbonyl (C=O) groups excluding carboxylic acids is 1. The maximum absolute atomic E-state index is 11.6. The molecule has 0 atom stereocenters. The van der Waals surface area contributed by atoms with Crippen molar-refractivity contribution in [3.8, 4) is 0 Å². The summed E-state index contributed by atoms with van der Waals surface area (Å²) in [7, 11) is 0. The molecule has 2 heterocycles. The normalized spacial score (nSPS) is 15.2. The zero-order valence-electron chi connectivity index (χ0n) is 14.2. The van der Waals surface area contributed by atoms with Crippen LogP contribution in [0.5, 0.6) is 0 Å². The molecule has 25 heavy (non-hydrogen) atoms. The molecule has 1 aromatic heterocycles. The SMILES string of the molecule is CCOC(=O)c1cnc(N2CCN(Cc3ccc(Br)cc3)CC2)nc1. The summed E-state index contributed by atoms with van der Waals surface area (Å²) < 4.78 is 6.05. The molecule has 0 saturated carbocycles. The molecule has 2 aromatic rings. The topological polar surface area (TPSA) is 58.6 Å². The van der Waals surface area contributed by atoms with Gasteiger partial charge in [-0.15, -0.1) is 0 Å². The number of ether oxygens (including phenoxy) is 1. The van der Waals surface area contributed by atoms with Crippen LogP contribution in [-0.2, 0) is 11.3 Å². The van der Waals surface area contributed by atoms with Crippen LogP contribution >= 0.6 is 15.9 Å². The third-order valence-corrected chi connectivity index (χ3v) is 4.65. The monoisotopic (exact) mass is 404 g/mol. The number of piperazine rings is 1. The zero-order valence-corrected chi connectivity index (χ0v) is 15.8. The summed E-state index contributed by atoms with van der Waals surface area (Å²) in [5.41, 5.74) is 1.70. The molecule has 0 bridgehead atoms. The fourth-order valence-corrected chi connectivity index (χ4v) is 3.02. The number of hydrogen-bond acceptors (Lipinski definition) is 6. The zero-order chi connectivity index (χ0) is 17.6. The summed E-state index contributed by atoms with van der Waals surface area (Å²) in [5.74, 6) is 0.282. The molecule has 3 rings (SSSR count). The van der Waals surface area contributed by atoms with Crippen LogP contribution < -0.4 is 4.90 Å². The second-order valence-electron chi connectivity index (χ2n) is 5.88. The highest BCUT2D eigenvalue weighted by atomic mass is 79.9. The summed E-state index contributed by atoms with van der Waals surface area (Å²) in [6.07, 6.45) is 3.07. The first kappa shape index (κ1) is 17.8. The number of halogens is 1. The molecule has 0 aliphatic carbocycles. The van der Waals surface area contributed by atoms with Crippen molar-refractivity contribution in [2.24, 2.45) is 0 Å². The van der Waals surface area contributed by atoms with Gasteiger partial charge in [0.1, 0.15) is 0 Å². The van der Waals surface area contributed by atoms with Gasteiger partial charge in [-0.2, -0.15) is 0 Å². The van der Waals surface area contributed by atoms with E-state index in [1.807, 2.05) is 0 Å². The molecule has 1 saturated heterocycles. The van der Waals surface area contributed by atoms with Crippen molar-refractivity contribution in [3.63, 3.8) is 0 Å². The van der Waals surface area contributed by atoms with E-state index in [2.05, 4.69) is 60.0 Å². The van der Waals surface area contributed by atoms with Crippen LogP contribution in [0.15, 0.2) is 41.1 Å². The molecule has 1 fully saturated rings. The third-order valence-electron chi connectivity index (χ3n) is 4.12. The molecule has 0 unspecified atom stereocenters. The van der Waals surface area contributed by atoms with Gasteiger partial charge in [0.2, 0.25) is 5.95 Å². The van der Waals surface area contributed by atoms with Crippen LogP contribution in [0.1, 0.15) is 22.8 Å². The lowest BCUT2D eigenvalue weighted by atomic mass is 10.2. The van der Waals surface area contributed by atoms with Gasteiger partial charge in [-0.1, -0.05) is 28.1 Å². The molecule has 0 N–H and O–H groups in total. The van der Waals surface area contributed by atoms with Crippen LogP contribution in [0.25, 0.3) is 0 Å². The molecule has 1 aliphatic rings. The van der Waals surface area contributed by atoms with Crippen molar-refractivity contribution in [2.75, 3.05) is 37.7 Å². The Morgan fingerprint density at radius 2 is 1.76 bits per heavy atom. The van der Waals surface area contributed by atoms with Gasteiger partial charge in [0.05, 0.1) is 12.2 Å². The fraction of sp³-hybridized carbons (Fsp3) is 0.389. The fourth-order valence-electron chi connectivity index (χ4n) is 2.76. The van der Waals surface area contributed by atoms with E-state index in [1.165, 1.54) is 18.0 Å². The Hall–Kier alpha value is -1.99. The van der Waals surface area contributed by atoms with E-state index in [9.17, 15) is 4.79 Å². The average Bonchev–Trinajstić information content (AvgIpc) is 2.65. The van der Waals surface area contributed by atoms with Crippen LogP contribution in [-0.4, -0.2) is 53.6 Å². The summed E-state index contributed by atoms with van der Waals surface area (Å²) in [5, 5.41) is 0. The van der Waals surface area contributed by atoms with E-state index in [0.717, 1.165) is 37.2 Å². The number of benzene rings is 1. The number of anilines is 1. The summed E-state index contributed by atoms with van der Waals surface area (Å²) >= 11 is 3.46. The average molecular weight is 405 g/mol. The maximum Gasteiger partial charge on any atom is 0.341 e. The Labute approximate surface area is 156 Å². The van der Waals surface area contributed by atoms with E-state index in [0.29, 0.717) is 18.1 Å². The first-order valence-corrected chi connectivity index (χ1v) is 9.16. The second-order valence-corrected chi connectivity index (χ2v) is 6.80. The minimum Gasteiger partial charge on any atom is -0.462 e. The van der Waals surface area contributed by atoms with Crippen molar-refractivity contribution in [1.29, 1.82) is 0 Å². The van der Waals surface area contributed by atoms with Gasteiger partial charge < -0.3 is 9.64 Å². The van der Waals surface area contributed by atoms with Crippen molar-refractivity contribution in [1.82, 2.24) is 14.9 Å². The maximum atomic E-state index is 11.6. The quantitative estimate of drug-likeness (QED) is 0.714. The first-order valence-electron chi connectivity index (χ1n) is 8.36. The number of esters is 1. The Morgan fingerprint density at radius 1 is 1.12 bits per heavy atom. The van der Waals surface area contributed by atoms with E-state index >= 15 is 0 Å².